The molecule has 1 fully saturated rings. The maximum Gasteiger partial charge on any atom is 0.323 e. The molecule has 0 saturated carbocycles. The van der Waals surface area contributed by atoms with Crippen LogP contribution < -0.4 is 4.90 Å². The summed E-state index contributed by atoms with van der Waals surface area (Å²) in [6, 6.07) is 6.10. The van der Waals surface area contributed by atoms with Crippen molar-refractivity contribution in [2.45, 2.75) is 12.5 Å². The van der Waals surface area contributed by atoms with Gasteiger partial charge in [-0.1, -0.05) is 11.6 Å². The Morgan fingerprint density at radius 3 is 2.71 bits per heavy atom. The van der Waals surface area contributed by atoms with Gasteiger partial charge in [-0.2, -0.15) is 5.26 Å². The number of carbonyl (C=O) groups is 1. The van der Waals surface area contributed by atoms with Crippen LogP contribution in [0.2, 0.25) is 5.02 Å². The second kappa shape index (κ2) is 5.92. The molecule has 112 valence electrons. The Balaban J connectivity index is 2.35. The zero-order chi connectivity index (χ0) is 15.6. The van der Waals surface area contributed by atoms with Crippen LogP contribution >= 0.6 is 11.6 Å². The van der Waals surface area contributed by atoms with Gasteiger partial charge in [-0.25, -0.2) is 8.42 Å². The third kappa shape index (κ3) is 3.65. The highest BCUT2D eigenvalue weighted by Gasteiger charge is 2.33. The fourth-order valence-electron chi connectivity index (χ4n) is 2.37. The molecular weight excluding hydrogens is 316 g/mol. The molecule has 1 atom stereocenters. The van der Waals surface area contributed by atoms with Gasteiger partial charge in [0.05, 0.1) is 22.1 Å². The standard InChI is InChI=1S/C13H13ClN2O4S/c14-12-5-10(2-1-9(12)6-15)16(7-13(17)18)11-3-4-21(19,20)8-11/h1-2,5,11H,3-4,7-8H2,(H,17,18). The smallest absolute Gasteiger partial charge is 0.323 e. The van der Waals surface area contributed by atoms with E-state index in [0.717, 1.165) is 0 Å². The Labute approximate surface area is 127 Å². The highest BCUT2D eigenvalue weighted by atomic mass is 35.5. The van der Waals surface area contributed by atoms with E-state index in [9.17, 15) is 13.2 Å². The number of sulfone groups is 1. The van der Waals surface area contributed by atoms with Crippen molar-refractivity contribution in [2.24, 2.45) is 0 Å². The number of anilines is 1. The average Bonchev–Trinajstić information content (AvgIpc) is 2.76. The number of rotatable bonds is 4. The van der Waals surface area contributed by atoms with Crippen molar-refractivity contribution in [3.05, 3.63) is 28.8 Å². The number of nitriles is 1. The molecule has 8 heteroatoms. The quantitative estimate of drug-likeness (QED) is 0.894. The van der Waals surface area contributed by atoms with Gasteiger partial charge in [0.25, 0.3) is 0 Å². The minimum Gasteiger partial charge on any atom is -0.480 e. The summed E-state index contributed by atoms with van der Waals surface area (Å²) in [6.07, 6.45) is 0.382. The van der Waals surface area contributed by atoms with E-state index in [1.807, 2.05) is 6.07 Å². The number of halogens is 1. The number of aliphatic carboxylic acids is 1. The Morgan fingerprint density at radius 1 is 1.52 bits per heavy atom. The zero-order valence-electron chi connectivity index (χ0n) is 11.0. The van der Waals surface area contributed by atoms with E-state index in [2.05, 4.69) is 0 Å². The number of hydrogen-bond acceptors (Lipinski definition) is 5. The fourth-order valence-corrected chi connectivity index (χ4v) is 4.32. The van der Waals surface area contributed by atoms with E-state index >= 15 is 0 Å². The maximum atomic E-state index is 11.6. The SMILES string of the molecule is N#Cc1ccc(N(CC(=O)O)C2CCS(=O)(=O)C2)cc1Cl. The van der Waals surface area contributed by atoms with Gasteiger partial charge < -0.3 is 10.0 Å². The Hall–Kier alpha value is -1.78. The van der Waals surface area contributed by atoms with Gasteiger partial charge in [0.15, 0.2) is 9.84 Å². The van der Waals surface area contributed by atoms with Gasteiger partial charge in [0.1, 0.15) is 12.6 Å². The number of benzene rings is 1. The summed E-state index contributed by atoms with van der Waals surface area (Å²) in [5.74, 6) is -1.07. The number of nitrogens with zero attached hydrogens (tertiary/aromatic N) is 2. The first-order valence-corrected chi connectivity index (χ1v) is 8.41. The highest BCUT2D eigenvalue weighted by Crippen LogP contribution is 2.28. The van der Waals surface area contributed by atoms with Gasteiger partial charge in [-0.3, -0.25) is 4.79 Å². The fraction of sp³-hybridized carbons (Fsp3) is 0.385. The molecule has 1 aliphatic rings. The molecular formula is C13H13ClN2O4S. The zero-order valence-corrected chi connectivity index (χ0v) is 12.6. The molecule has 1 heterocycles. The van der Waals surface area contributed by atoms with Gasteiger partial charge in [0, 0.05) is 11.7 Å². The number of carboxylic acid groups (broad SMARTS) is 1. The number of carboxylic acids is 1. The predicted octanol–water partition coefficient (Wildman–Crippen LogP) is 1.29. The molecule has 0 spiro atoms. The van der Waals surface area contributed by atoms with Crippen LogP contribution in [-0.4, -0.2) is 43.6 Å². The summed E-state index contributed by atoms with van der Waals surface area (Å²) < 4.78 is 23.2. The molecule has 0 aromatic heterocycles. The molecule has 1 aromatic rings. The average molecular weight is 329 g/mol. The summed E-state index contributed by atoms with van der Waals surface area (Å²) >= 11 is 5.96. The van der Waals surface area contributed by atoms with Crippen molar-refractivity contribution in [2.75, 3.05) is 23.0 Å². The third-order valence-corrected chi connectivity index (χ3v) is 5.42. The van der Waals surface area contributed by atoms with Crippen LogP contribution in [-0.2, 0) is 14.6 Å². The van der Waals surface area contributed by atoms with Crippen molar-refractivity contribution < 1.29 is 18.3 Å². The first kappa shape index (κ1) is 15.6. The largest absolute Gasteiger partial charge is 0.480 e. The lowest BCUT2D eigenvalue weighted by Crippen LogP contribution is -2.40. The molecule has 0 aliphatic carbocycles. The molecule has 1 aliphatic heterocycles. The Morgan fingerprint density at radius 2 is 2.24 bits per heavy atom. The highest BCUT2D eigenvalue weighted by molar-refractivity contribution is 7.91. The molecule has 1 saturated heterocycles. The van der Waals surface area contributed by atoms with E-state index in [4.69, 9.17) is 22.0 Å². The number of hydrogen-bond donors (Lipinski definition) is 1. The van der Waals surface area contributed by atoms with Crippen LogP contribution in [0.4, 0.5) is 5.69 Å². The molecule has 0 amide bonds. The summed E-state index contributed by atoms with van der Waals surface area (Å²) in [6.45, 7) is -0.317. The molecule has 1 unspecified atom stereocenters. The molecule has 1 aromatic carbocycles. The first-order chi connectivity index (χ1) is 9.82. The predicted molar refractivity (Wildman–Crippen MR) is 78.2 cm³/mol. The van der Waals surface area contributed by atoms with Crippen LogP contribution in [0.3, 0.4) is 0 Å². The van der Waals surface area contributed by atoms with E-state index < -0.39 is 21.8 Å². The maximum absolute atomic E-state index is 11.6. The summed E-state index contributed by atoms with van der Waals surface area (Å²) in [5, 5.41) is 18.1. The molecule has 21 heavy (non-hydrogen) atoms. The minimum atomic E-state index is -3.13. The molecule has 1 N–H and O–H groups in total. The summed E-state index contributed by atoms with van der Waals surface area (Å²) in [5.41, 5.74) is 0.790. The van der Waals surface area contributed by atoms with Crippen LogP contribution in [0.15, 0.2) is 18.2 Å². The topological polar surface area (TPSA) is 98.5 Å². The Kier molecular flexibility index (Phi) is 4.40. The molecule has 2 rings (SSSR count). The van der Waals surface area contributed by atoms with E-state index in [1.54, 1.807) is 6.07 Å². The molecule has 0 radical (unpaired) electrons. The Bertz CT molecular complexity index is 711. The van der Waals surface area contributed by atoms with Crippen LogP contribution in [0.25, 0.3) is 0 Å². The minimum absolute atomic E-state index is 0.0534. The van der Waals surface area contributed by atoms with Gasteiger partial charge in [-0.15, -0.1) is 0 Å². The lowest BCUT2D eigenvalue weighted by molar-refractivity contribution is -0.135. The van der Waals surface area contributed by atoms with Crippen LogP contribution in [0.1, 0.15) is 12.0 Å². The van der Waals surface area contributed by atoms with E-state index in [1.165, 1.54) is 17.0 Å². The van der Waals surface area contributed by atoms with Crippen LogP contribution in [0.5, 0.6) is 0 Å². The molecule has 0 bridgehead atoms. The lowest BCUT2D eigenvalue weighted by Gasteiger charge is -2.29. The van der Waals surface area contributed by atoms with Crippen molar-refractivity contribution in [3.8, 4) is 6.07 Å². The third-order valence-electron chi connectivity index (χ3n) is 3.36. The molecule has 6 nitrogen and oxygen atoms in total. The van der Waals surface area contributed by atoms with E-state index in [-0.39, 0.29) is 28.6 Å². The van der Waals surface area contributed by atoms with Crippen molar-refractivity contribution in [1.29, 1.82) is 5.26 Å². The van der Waals surface area contributed by atoms with Gasteiger partial charge in [-0.05, 0) is 24.6 Å². The van der Waals surface area contributed by atoms with Crippen molar-refractivity contribution >= 4 is 33.1 Å². The lowest BCUT2D eigenvalue weighted by atomic mass is 10.1. The van der Waals surface area contributed by atoms with E-state index in [0.29, 0.717) is 12.1 Å². The van der Waals surface area contributed by atoms with Crippen molar-refractivity contribution in [1.82, 2.24) is 0 Å². The monoisotopic (exact) mass is 328 g/mol. The van der Waals surface area contributed by atoms with Gasteiger partial charge >= 0.3 is 5.97 Å². The first-order valence-electron chi connectivity index (χ1n) is 6.21. The normalized spacial score (nSPS) is 19.9. The van der Waals surface area contributed by atoms with Crippen LogP contribution in [0, 0.1) is 11.3 Å². The van der Waals surface area contributed by atoms with Crippen molar-refractivity contribution in [3.63, 3.8) is 0 Å². The summed E-state index contributed by atoms with van der Waals surface area (Å²) in [7, 11) is -3.13. The second-order valence-electron chi connectivity index (χ2n) is 4.85. The van der Waals surface area contributed by atoms with Gasteiger partial charge in [0.2, 0.25) is 0 Å². The summed E-state index contributed by atoms with van der Waals surface area (Å²) in [4.78, 5) is 12.5. The second-order valence-corrected chi connectivity index (χ2v) is 7.49.